The van der Waals surface area contributed by atoms with Crippen molar-refractivity contribution in [2.75, 3.05) is 0 Å². The van der Waals surface area contributed by atoms with E-state index in [0.717, 1.165) is 0 Å². The molecule has 0 radical (unpaired) electrons. The zero-order valence-electron chi connectivity index (χ0n) is 10.00. The van der Waals surface area contributed by atoms with Crippen molar-refractivity contribution in [2.24, 2.45) is 0 Å². The standard InChI is InChI=1S/C14H8F4O2/c15-9-10(16)14(18)8(7-4-2-1-3-5-7)6-13(9,17)11(19)12(14)20/h1-5,8H,6H2/t8?,13-,14+/m1/s1. The number of Topliss-reactive ketones (excluding diaryl/α,β-unsaturated/α-hetero) is 2. The summed E-state index contributed by atoms with van der Waals surface area (Å²) in [4.78, 5) is 23.1. The highest BCUT2D eigenvalue weighted by Gasteiger charge is 2.72. The SMILES string of the molecule is O=C1C(=O)[C@@]2(F)C(F)=C(F)[C@]1(F)CC2c1ccccc1. The quantitative estimate of drug-likeness (QED) is 0.587. The molecule has 1 aromatic carbocycles. The van der Waals surface area contributed by atoms with Crippen LogP contribution in [0.25, 0.3) is 0 Å². The molecule has 3 aliphatic rings. The molecule has 0 aliphatic heterocycles. The molecule has 0 N–H and O–H groups in total. The third-order valence-electron chi connectivity index (χ3n) is 3.92. The van der Waals surface area contributed by atoms with Crippen molar-refractivity contribution < 1.29 is 27.2 Å². The van der Waals surface area contributed by atoms with Gasteiger partial charge in [-0.2, -0.15) is 0 Å². The van der Waals surface area contributed by atoms with Crippen molar-refractivity contribution >= 4 is 11.6 Å². The largest absolute Gasteiger partial charge is 0.287 e. The Bertz CT molecular complexity index is 654. The molecule has 0 aromatic heterocycles. The summed E-state index contributed by atoms with van der Waals surface area (Å²) < 4.78 is 56.4. The summed E-state index contributed by atoms with van der Waals surface area (Å²) in [5.74, 6) is -9.51. The van der Waals surface area contributed by atoms with Gasteiger partial charge in [-0.25, -0.2) is 17.6 Å². The van der Waals surface area contributed by atoms with Gasteiger partial charge in [0.2, 0.25) is 22.9 Å². The fourth-order valence-electron chi connectivity index (χ4n) is 2.83. The number of halogens is 4. The number of hydrogen-bond acceptors (Lipinski definition) is 2. The summed E-state index contributed by atoms with van der Waals surface area (Å²) in [6.45, 7) is 0. The summed E-state index contributed by atoms with van der Waals surface area (Å²) in [5, 5.41) is 0. The third kappa shape index (κ3) is 1.29. The number of benzene rings is 1. The molecule has 6 heteroatoms. The van der Waals surface area contributed by atoms with E-state index >= 15 is 0 Å². The monoisotopic (exact) mass is 284 g/mol. The number of allylic oxidation sites excluding steroid dienone is 2. The Balaban J connectivity index is 2.25. The number of rotatable bonds is 1. The van der Waals surface area contributed by atoms with E-state index in [1.165, 1.54) is 24.3 Å². The summed E-state index contributed by atoms with van der Waals surface area (Å²) in [5.41, 5.74) is -6.70. The highest BCUT2D eigenvalue weighted by atomic mass is 19.2. The molecule has 2 bridgehead atoms. The molecular formula is C14H8F4O2. The van der Waals surface area contributed by atoms with E-state index in [1.807, 2.05) is 0 Å². The van der Waals surface area contributed by atoms with Gasteiger partial charge in [0.05, 0.1) is 0 Å². The van der Waals surface area contributed by atoms with Crippen LogP contribution in [-0.4, -0.2) is 22.9 Å². The Kier molecular flexibility index (Phi) is 2.46. The van der Waals surface area contributed by atoms with Gasteiger partial charge in [0, 0.05) is 12.3 Å². The number of fused-ring (bicyclic) bond motifs is 2. The van der Waals surface area contributed by atoms with Crippen LogP contribution < -0.4 is 0 Å². The molecule has 1 fully saturated rings. The zero-order chi connectivity index (χ0) is 14.7. The highest BCUT2D eigenvalue weighted by molar-refractivity contribution is 6.46. The van der Waals surface area contributed by atoms with Crippen molar-refractivity contribution in [1.29, 1.82) is 0 Å². The van der Waals surface area contributed by atoms with Crippen LogP contribution in [0.4, 0.5) is 17.6 Å². The van der Waals surface area contributed by atoms with Crippen LogP contribution in [0.3, 0.4) is 0 Å². The number of alkyl halides is 2. The fraction of sp³-hybridized carbons (Fsp3) is 0.286. The number of carbonyl (C=O) groups is 2. The van der Waals surface area contributed by atoms with Gasteiger partial charge in [0.1, 0.15) is 0 Å². The average molecular weight is 284 g/mol. The van der Waals surface area contributed by atoms with Gasteiger partial charge in [-0.3, -0.25) is 9.59 Å². The number of hydrogen-bond donors (Lipinski definition) is 0. The smallest absolute Gasteiger partial charge is 0.247 e. The molecule has 0 spiro atoms. The van der Waals surface area contributed by atoms with Crippen LogP contribution in [0, 0.1) is 0 Å². The van der Waals surface area contributed by atoms with Crippen LogP contribution in [0.1, 0.15) is 17.9 Å². The third-order valence-corrected chi connectivity index (χ3v) is 3.92. The van der Waals surface area contributed by atoms with E-state index in [4.69, 9.17) is 0 Å². The van der Waals surface area contributed by atoms with Crippen molar-refractivity contribution in [2.45, 2.75) is 23.7 Å². The van der Waals surface area contributed by atoms with E-state index in [0.29, 0.717) is 0 Å². The maximum atomic E-state index is 14.7. The summed E-state index contributed by atoms with van der Waals surface area (Å²) in [6, 6.07) is 7.34. The van der Waals surface area contributed by atoms with Crippen LogP contribution in [0.15, 0.2) is 42.0 Å². The second-order valence-electron chi connectivity index (χ2n) is 4.97. The molecule has 20 heavy (non-hydrogen) atoms. The van der Waals surface area contributed by atoms with Gasteiger partial charge >= 0.3 is 0 Å². The summed E-state index contributed by atoms with van der Waals surface area (Å²) in [7, 11) is 0. The van der Waals surface area contributed by atoms with E-state index in [9.17, 15) is 27.2 Å². The Labute approximate surface area is 111 Å². The van der Waals surface area contributed by atoms with Crippen molar-refractivity contribution in [1.82, 2.24) is 0 Å². The topological polar surface area (TPSA) is 34.1 Å². The predicted octanol–water partition coefficient (Wildman–Crippen LogP) is 2.89. The molecule has 4 rings (SSSR count). The van der Waals surface area contributed by atoms with E-state index < -0.39 is 46.9 Å². The van der Waals surface area contributed by atoms with Gasteiger partial charge in [0.15, 0.2) is 11.7 Å². The zero-order valence-corrected chi connectivity index (χ0v) is 10.00. The molecule has 1 aromatic rings. The molecule has 3 atom stereocenters. The van der Waals surface area contributed by atoms with E-state index in [1.54, 1.807) is 6.07 Å². The normalized spacial score (nSPS) is 36.7. The van der Waals surface area contributed by atoms with Gasteiger partial charge in [0.25, 0.3) is 0 Å². The minimum Gasteiger partial charge on any atom is -0.287 e. The maximum absolute atomic E-state index is 14.7. The second-order valence-corrected chi connectivity index (χ2v) is 4.97. The second kappa shape index (κ2) is 3.77. The average Bonchev–Trinajstić information content (AvgIpc) is 2.46. The minimum absolute atomic E-state index is 0.139. The first-order valence-corrected chi connectivity index (χ1v) is 5.91. The lowest BCUT2D eigenvalue weighted by atomic mass is 9.61. The number of carbonyl (C=O) groups excluding carboxylic acids is 2. The van der Waals surface area contributed by atoms with Gasteiger partial charge < -0.3 is 0 Å². The Morgan fingerprint density at radius 2 is 1.55 bits per heavy atom. The summed E-state index contributed by atoms with van der Waals surface area (Å²) in [6.07, 6.45) is -0.919. The summed E-state index contributed by atoms with van der Waals surface area (Å²) >= 11 is 0. The van der Waals surface area contributed by atoms with Crippen molar-refractivity contribution in [3.63, 3.8) is 0 Å². The maximum Gasteiger partial charge on any atom is 0.247 e. The van der Waals surface area contributed by atoms with Crippen LogP contribution >= 0.6 is 0 Å². The lowest BCUT2D eigenvalue weighted by molar-refractivity contribution is -0.159. The van der Waals surface area contributed by atoms with Crippen LogP contribution in [0.2, 0.25) is 0 Å². The predicted molar refractivity (Wildman–Crippen MR) is 60.7 cm³/mol. The molecule has 1 unspecified atom stereocenters. The minimum atomic E-state index is -3.45. The molecule has 0 heterocycles. The lowest BCUT2D eigenvalue weighted by Gasteiger charge is -2.44. The number of ketones is 2. The van der Waals surface area contributed by atoms with Crippen molar-refractivity contribution in [3.05, 3.63) is 47.5 Å². The van der Waals surface area contributed by atoms with Crippen molar-refractivity contribution in [3.8, 4) is 0 Å². The molecular weight excluding hydrogens is 276 g/mol. The van der Waals surface area contributed by atoms with Crippen LogP contribution in [-0.2, 0) is 9.59 Å². The molecule has 2 nitrogen and oxygen atoms in total. The molecule has 0 saturated heterocycles. The first-order valence-electron chi connectivity index (χ1n) is 5.91. The first kappa shape index (κ1) is 13.0. The van der Waals surface area contributed by atoms with Gasteiger partial charge in [-0.15, -0.1) is 0 Å². The molecule has 1 saturated carbocycles. The Hall–Kier alpha value is -1.98. The molecule has 3 aliphatic carbocycles. The van der Waals surface area contributed by atoms with E-state index in [2.05, 4.69) is 0 Å². The van der Waals surface area contributed by atoms with Crippen LogP contribution in [0.5, 0.6) is 0 Å². The molecule has 104 valence electrons. The molecule has 0 amide bonds. The Morgan fingerprint density at radius 3 is 2.15 bits per heavy atom. The fourth-order valence-corrected chi connectivity index (χ4v) is 2.83. The van der Waals surface area contributed by atoms with Gasteiger partial charge in [-0.05, 0) is 5.56 Å². The van der Waals surface area contributed by atoms with E-state index in [-0.39, 0.29) is 5.56 Å². The highest BCUT2D eigenvalue weighted by Crippen LogP contribution is 2.57. The Morgan fingerprint density at radius 1 is 0.950 bits per heavy atom. The first-order chi connectivity index (χ1) is 9.33. The lowest BCUT2D eigenvalue weighted by Crippen LogP contribution is -2.63. The van der Waals surface area contributed by atoms with Gasteiger partial charge in [-0.1, -0.05) is 30.3 Å².